The number of benzene rings is 2. The third-order valence-electron chi connectivity index (χ3n) is 4.36. The van der Waals surface area contributed by atoms with Crippen LogP contribution in [0.2, 0.25) is 0 Å². The van der Waals surface area contributed by atoms with E-state index in [9.17, 15) is 9.18 Å². The monoisotopic (exact) mass is 387 g/mol. The molecule has 2 heterocycles. The first-order valence-electron chi connectivity index (χ1n) is 8.46. The second kappa shape index (κ2) is 7.63. The number of anilines is 1. The maximum Gasteiger partial charge on any atom is 0.233 e. The summed E-state index contributed by atoms with van der Waals surface area (Å²) in [7, 11) is 0. The van der Waals surface area contributed by atoms with Crippen molar-refractivity contribution in [3.8, 4) is 0 Å². The number of fused-ring (bicyclic) bond motifs is 1. The van der Waals surface area contributed by atoms with Gasteiger partial charge < -0.3 is 9.80 Å². The van der Waals surface area contributed by atoms with Gasteiger partial charge in [0.1, 0.15) is 5.82 Å². The Bertz CT molecular complexity index is 872. The molecule has 0 atom stereocenters. The molecule has 0 spiro atoms. The van der Waals surface area contributed by atoms with Crippen molar-refractivity contribution >= 4 is 44.4 Å². The van der Waals surface area contributed by atoms with E-state index in [1.807, 2.05) is 23.1 Å². The zero-order chi connectivity index (χ0) is 17.9. The third-order valence-corrected chi connectivity index (χ3v) is 6.46. The highest BCUT2D eigenvalue weighted by atomic mass is 32.2. The Balaban J connectivity index is 1.31. The van der Waals surface area contributed by atoms with Crippen LogP contribution >= 0.6 is 23.1 Å². The smallest absolute Gasteiger partial charge is 0.233 e. The lowest BCUT2D eigenvalue weighted by atomic mass is 10.3. The topological polar surface area (TPSA) is 36.4 Å². The van der Waals surface area contributed by atoms with Crippen LogP contribution in [-0.2, 0) is 4.79 Å². The molecule has 1 aliphatic rings. The molecular weight excluding hydrogens is 369 g/mol. The van der Waals surface area contributed by atoms with Gasteiger partial charge in [-0.15, -0.1) is 11.8 Å². The SMILES string of the molecule is O=C(CSc1ccc(F)cc1)N1CCN(c2nc3ccccc3s2)CC1. The zero-order valence-electron chi connectivity index (χ0n) is 14.1. The van der Waals surface area contributed by atoms with E-state index in [0.717, 1.165) is 28.6 Å². The van der Waals surface area contributed by atoms with Crippen molar-refractivity contribution in [3.63, 3.8) is 0 Å². The maximum atomic E-state index is 12.9. The van der Waals surface area contributed by atoms with Crippen LogP contribution in [0, 0.1) is 5.82 Å². The minimum absolute atomic E-state index is 0.128. The second-order valence-electron chi connectivity index (χ2n) is 6.07. The van der Waals surface area contributed by atoms with Gasteiger partial charge in [-0.3, -0.25) is 4.79 Å². The number of nitrogens with zero attached hydrogens (tertiary/aromatic N) is 3. The van der Waals surface area contributed by atoms with Crippen LogP contribution < -0.4 is 4.90 Å². The Morgan fingerprint density at radius 3 is 2.54 bits per heavy atom. The average Bonchev–Trinajstić information content (AvgIpc) is 3.12. The lowest BCUT2D eigenvalue weighted by Crippen LogP contribution is -2.49. The first kappa shape index (κ1) is 17.3. The minimum atomic E-state index is -0.258. The molecule has 1 saturated heterocycles. The maximum absolute atomic E-state index is 12.9. The Kier molecular flexibility index (Phi) is 5.08. The number of carbonyl (C=O) groups is 1. The van der Waals surface area contributed by atoms with E-state index in [4.69, 9.17) is 4.98 Å². The fourth-order valence-corrected chi connectivity index (χ4v) is 4.73. The molecule has 1 aromatic heterocycles. The number of thioether (sulfide) groups is 1. The minimum Gasteiger partial charge on any atom is -0.345 e. The molecule has 1 aliphatic heterocycles. The van der Waals surface area contributed by atoms with Gasteiger partial charge in [0.25, 0.3) is 0 Å². The number of rotatable bonds is 4. The number of halogens is 1. The quantitative estimate of drug-likeness (QED) is 0.637. The summed E-state index contributed by atoms with van der Waals surface area (Å²) < 4.78 is 14.1. The molecule has 0 N–H and O–H groups in total. The van der Waals surface area contributed by atoms with Crippen molar-refractivity contribution in [2.45, 2.75) is 4.90 Å². The van der Waals surface area contributed by atoms with Crippen LogP contribution in [0.25, 0.3) is 10.2 Å². The fraction of sp³-hybridized carbons (Fsp3) is 0.263. The number of piperazine rings is 1. The van der Waals surface area contributed by atoms with Gasteiger partial charge in [0.2, 0.25) is 5.91 Å². The van der Waals surface area contributed by atoms with E-state index in [-0.39, 0.29) is 11.7 Å². The molecule has 2 aromatic carbocycles. The summed E-state index contributed by atoms with van der Waals surface area (Å²) in [4.78, 5) is 22.2. The average molecular weight is 388 g/mol. The molecule has 1 fully saturated rings. The lowest BCUT2D eigenvalue weighted by molar-refractivity contribution is -0.128. The molecule has 0 unspecified atom stereocenters. The highest BCUT2D eigenvalue weighted by Crippen LogP contribution is 2.29. The van der Waals surface area contributed by atoms with Gasteiger partial charge in [0, 0.05) is 31.1 Å². The molecule has 7 heteroatoms. The van der Waals surface area contributed by atoms with E-state index in [1.54, 1.807) is 23.5 Å². The van der Waals surface area contributed by atoms with E-state index in [0.29, 0.717) is 18.8 Å². The lowest BCUT2D eigenvalue weighted by Gasteiger charge is -2.34. The Morgan fingerprint density at radius 1 is 1.08 bits per heavy atom. The fourth-order valence-electron chi connectivity index (χ4n) is 2.91. The van der Waals surface area contributed by atoms with Crippen molar-refractivity contribution in [3.05, 3.63) is 54.3 Å². The highest BCUT2D eigenvalue weighted by molar-refractivity contribution is 8.00. The molecule has 1 amide bonds. The molecule has 0 aliphatic carbocycles. The van der Waals surface area contributed by atoms with Gasteiger partial charge in [-0.1, -0.05) is 23.5 Å². The molecule has 0 bridgehead atoms. The molecule has 0 saturated carbocycles. The number of hydrogen-bond donors (Lipinski definition) is 0. The summed E-state index contributed by atoms with van der Waals surface area (Å²) in [6.07, 6.45) is 0. The highest BCUT2D eigenvalue weighted by Gasteiger charge is 2.23. The Hall–Kier alpha value is -2.12. The molecule has 26 heavy (non-hydrogen) atoms. The number of thiazole rings is 1. The van der Waals surface area contributed by atoms with Gasteiger partial charge >= 0.3 is 0 Å². The van der Waals surface area contributed by atoms with Crippen LogP contribution in [0.3, 0.4) is 0 Å². The number of amides is 1. The third kappa shape index (κ3) is 3.83. The van der Waals surface area contributed by atoms with Gasteiger partial charge in [-0.25, -0.2) is 9.37 Å². The van der Waals surface area contributed by atoms with E-state index in [1.165, 1.54) is 28.6 Å². The van der Waals surface area contributed by atoms with E-state index in [2.05, 4.69) is 11.0 Å². The van der Waals surface area contributed by atoms with Crippen molar-refractivity contribution < 1.29 is 9.18 Å². The molecule has 3 aromatic rings. The van der Waals surface area contributed by atoms with E-state index < -0.39 is 0 Å². The summed E-state index contributed by atoms with van der Waals surface area (Å²) in [5.41, 5.74) is 1.03. The number of carbonyl (C=O) groups excluding carboxylic acids is 1. The predicted octanol–water partition coefficient (Wildman–Crippen LogP) is 3.88. The standard InChI is InChI=1S/C19H18FN3OS2/c20-14-5-7-15(8-6-14)25-13-18(24)22-9-11-23(12-10-22)19-21-16-3-1-2-4-17(16)26-19/h1-8H,9-13H2. The van der Waals surface area contributed by atoms with Crippen LogP contribution in [-0.4, -0.2) is 47.7 Å². The summed E-state index contributed by atoms with van der Waals surface area (Å²) in [6, 6.07) is 14.4. The van der Waals surface area contributed by atoms with Crippen molar-refractivity contribution in [1.82, 2.24) is 9.88 Å². The van der Waals surface area contributed by atoms with Crippen molar-refractivity contribution in [2.24, 2.45) is 0 Å². The van der Waals surface area contributed by atoms with Gasteiger partial charge in [0.15, 0.2) is 5.13 Å². The summed E-state index contributed by atoms with van der Waals surface area (Å²) in [5, 5.41) is 1.03. The van der Waals surface area contributed by atoms with Gasteiger partial charge in [-0.05, 0) is 36.4 Å². The predicted molar refractivity (Wildman–Crippen MR) is 106 cm³/mol. The zero-order valence-corrected chi connectivity index (χ0v) is 15.7. The summed E-state index contributed by atoms with van der Waals surface area (Å²) in [5.74, 6) is 0.252. The van der Waals surface area contributed by atoms with Crippen LogP contribution in [0.4, 0.5) is 9.52 Å². The van der Waals surface area contributed by atoms with Gasteiger partial charge in [0.05, 0.1) is 16.0 Å². The first-order chi connectivity index (χ1) is 12.7. The van der Waals surface area contributed by atoms with Crippen LogP contribution in [0.5, 0.6) is 0 Å². The largest absolute Gasteiger partial charge is 0.345 e. The molecule has 0 radical (unpaired) electrons. The van der Waals surface area contributed by atoms with Crippen LogP contribution in [0.15, 0.2) is 53.4 Å². The molecular formula is C19H18FN3OS2. The second-order valence-corrected chi connectivity index (χ2v) is 8.13. The van der Waals surface area contributed by atoms with E-state index >= 15 is 0 Å². The number of aromatic nitrogens is 1. The normalized spacial score (nSPS) is 14.8. The molecule has 4 nitrogen and oxygen atoms in total. The summed E-state index contributed by atoms with van der Waals surface area (Å²) >= 11 is 3.15. The van der Waals surface area contributed by atoms with Crippen molar-refractivity contribution in [1.29, 1.82) is 0 Å². The van der Waals surface area contributed by atoms with Crippen molar-refractivity contribution in [2.75, 3.05) is 36.8 Å². The van der Waals surface area contributed by atoms with Crippen LogP contribution in [0.1, 0.15) is 0 Å². The number of para-hydroxylation sites is 1. The first-order valence-corrected chi connectivity index (χ1v) is 10.3. The number of hydrogen-bond acceptors (Lipinski definition) is 5. The Morgan fingerprint density at radius 2 is 1.81 bits per heavy atom. The molecule has 134 valence electrons. The van der Waals surface area contributed by atoms with Gasteiger partial charge in [-0.2, -0.15) is 0 Å². The summed E-state index contributed by atoms with van der Waals surface area (Å²) in [6.45, 7) is 3.01. The Labute approximate surface area is 159 Å². The molecule has 4 rings (SSSR count).